The second-order valence-corrected chi connectivity index (χ2v) is 5.63. The summed E-state index contributed by atoms with van der Waals surface area (Å²) in [5, 5.41) is 0. The molecular formula is C17H32N2O3. The molecule has 2 saturated heterocycles. The quantitative estimate of drug-likeness (QED) is 0.753. The van der Waals surface area contributed by atoms with E-state index in [4.69, 9.17) is 0 Å². The van der Waals surface area contributed by atoms with Gasteiger partial charge in [-0.15, -0.1) is 0 Å². The van der Waals surface area contributed by atoms with Gasteiger partial charge in [0.05, 0.1) is 0 Å². The van der Waals surface area contributed by atoms with Crippen LogP contribution < -0.4 is 0 Å². The minimum Gasteiger partial charge on any atom is -0.342 e. The zero-order chi connectivity index (χ0) is 17.1. The third-order valence-corrected chi connectivity index (χ3v) is 3.48. The molecule has 0 saturated carbocycles. The van der Waals surface area contributed by atoms with Gasteiger partial charge >= 0.3 is 0 Å². The average molecular weight is 312 g/mol. The molecule has 0 aromatic heterocycles. The van der Waals surface area contributed by atoms with Crippen LogP contribution in [0.5, 0.6) is 0 Å². The highest BCUT2D eigenvalue weighted by Gasteiger charge is 2.30. The second kappa shape index (κ2) is 11.2. The van der Waals surface area contributed by atoms with Crippen molar-refractivity contribution in [1.82, 2.24) is 9.80 Å². The standard InChI is InChI=1S/C12H18N2O3.C3H8.C2H6/c1-9-4-6-13(8-9)10(15)5-7-14-11(16)2-3-12(14)17;1-3-2;1-2/h9H,2-8H2,1H3;3H2,1-2H3;1-2H3. The molecular weight excluding hydrogens is 280 g/mol. The van der Waals surface area contributed by atoms with Gasteiger partial charge < -0.3 is 4.90 Å². The van der Waals surface area contributed by atoms with Crippen molar-refractivity contribution in [2.45, 2.75) is 66.7 Å². The van der Waals surface area contributed by atoms with Crippen LogP contribution in [0.4, 0.5) is 0 Å². The van der Waals surface area contributed by atoms with E-state index in [2.05, 4.69) is 20.8 Å². The molecule has 0 bridgehead atoms. The summed E-state index contributed by atoms with van der Waals surface area (Å²) in [7, 11) is 0. The summed E-state index contributed by atoms with van der Waals surface area (Å²) >= 11 is 0. The fourth-order valence-electron chi connectivity index (χ4n) is 2.40. The maximum absolute atomic E-state index is 11.8. The lowest BCUT2D eigenvalue weighted by atomic mass is 10.2. The third-order valence-electron chi connectivity index (χ3n) is 3.48. The minimum atomic E-state index is -0.141. The maximum Gasteiger partial charge on any atom is 0.229 e. The number of rotatable bonds is 3. The largest absolute Gasteiger partial charge is 0.342 e. The molecule has 0 spiro atoms. The van der Waals surface area contributed by atoms with Crippen LogP contribution in [-0.4, -0.2) is 47.2 Å². The van der Waals surface area contributed by atoms with E-state index in [0.717, 1.165) is 19.5 Å². The molecule has 0 radical (unpaired) electrons. The molecule has 22 heavy (non-hydrogen) atoms. The molecule has 0 aromatic carbocycles. The van der Waals surface area contributed by atoms with Gasteiger partial charge in [-0.25, -0.2) is 0 Å². The smallest absolute Gasteiger partial charge is 0.229 e. The Balaban J connectivity index is 0.000000789. The number of nitrogens with zero attached hydrogens (tertiary/aromatic N) is 2. The number of hydrogen-bond donors (Lipinski definition) is 0. The predicted molar refractivity (Wildman–Crippen MR) is 88.2 cm³/mol. The van der Waals surface area contributed by atoms with Crippen molar-refractivity contribution < 1.29 is 14.4 Å². The molecule has 1 unspecified atom stereocenters. The summed E-state index contributed by atoms with van der Waals surface area (Å²) in [6, 6.07) is 0. The SMILES string of the molecule is CC.CC1CCN(C(=O)CCN2C(=O)CCC2=O)C1.CCC. The highest BCUT2D eigenvalue weighted by atomic mass is 16.2. The van der Waals surface area contributed by atoms with Crippen molar-refractivity contribution >= 4 is 17.7 Å². The van der Waals surface area contributed by atoms with Gasteiger partial charge in [0.25, 0.3) is 0 Å². The molecule has 1 atom stereocenters. The molecule has 3 amide bonds. The monoisotopic (exact) mass is 312 g/mol. The summed E-state index contributed by atoms with van der Waals surface area (Å²) in [6.45, 7) is 12.2. The molecule has 0 aliphatic carbocycles. The number of imide groups is 1. The summed E-state index contributed by atoms with van der Waals surface area (Å²) < 4.78 is 0. The molecule has 0 aromatic rings. The summed E-state index contributed by atoms with van der Waals surface area (Å²) in [5.74, 6) is 0.339. The van der Waals surface area contributed by atoms with Crippen LogP contribution in [0.1, 0.15) is 66.7 Å². The topological polar surface area (TPSA) is 57.7 Å². The number of hydrogen-bond acceptors (Lipinski definition) is 3. The van der Waals surface area contributed by atoms with Crippen molar-refractivity contribution in [3.05, 3.63) is 0 Å². The van der Waals surface area contributed by atoms with Crippen molar-refractivity contribution in [3.63, 3.8) is 0 Å². The van der Waals surface area contributed by atoms with E-state index >= 15 is 0 Å². The lowest BCUT2D eigenvalue weighted by Gasteiger charge is -2.18. The summed E-state index contributed by atoms with van der Waals surface area (Å²) in [4.78, 5) is 37.6. The fraction of sp³-hybridized carbons (Fsp3) is 0.824. The van der Waals surface area contributed by atoms with Crippen LogP contribution in [0.25, 0.3) is 0 Å². The first-order chi connectivity index (χ1) is 10.5. The van der Waals surface area contributed by atoms with Gasteiger partial charge in [-0.2, -0.15) is 0 Å². The molecule has 2 rings (SSSR count). The third kappa shape index (κ3) is 6.58. The normalized spacial score (nSPS) is 20.3. The van der Waals surface area contributed by atoms with E-state index in [9.17, 15) is 14.4 Å². The van der Waals surface area contributed by atoms with Gasteiger partial charge in [-0.3, -0.25) is 19.3 Å². The lowest BCUT2D eigenvalue weighted by molar-refractivity contribution is -0.139. The van der Waals surface area contributed by atoms with Gasteiger partial charge in [-0.05, 0) is 12.3 Å². The van der Waals surface area contributed by atoms with Gasteiger partial charge in [0, 0.05) is 38.9 Å². The van der Waals surface area contributed by atoms with Crippen LogP contribution in [0.15, 0.2) is 0 Å². The Hall–Kier alpha value is -1.39. The van der Waals surface area contributed by atoms with E-state index in [0.29, 0.717) is 18.8 Å². The van der Waals surface area contributed by atoms with Crippen LogP contribution in [0, 0.1) is 5.92 Å². The van der Waals surface area contributed by atoms with E-state index in [-0.39, 0.29) is 30.7 Å². The Bertz CT molecular complexity index is 353. The van der Waals surface area contributed by atoms with Gasteiger partial charge in [-0.1, -0.05) is 41.0 Å². The van der Waals surface area contributed by atoms with Crippen LogP contribution in [-0.2, 0) is 14.4 Å². The predicted octanol–water partition coefficient (Wildman–Crippen LogP) is 2.84. The van der Waals surface area contributed by atoms with Gasteiger partial charge in [0.1, 0.15) is 0 Å². The highest BCUT2D eigenvalue weighted by Crippen LogP contribution is 2.17. The molecule has 0 N–H and O–H groups in total. The Morgan fingerprint density at radius 1 is 1.14 bits per heavy atom. The Kier molecular flexibility index (Phi) is 10.5. The van der Waals surface area contributed by atoms with Gasteiger partial charge in [0.2, 0.25) is 17.7 Å². The number of carbonyl (C=O) groups is 3. The first-order valence-corrected chi connectivity index (χ1v) is 8.60. The first-order valence-electron chi connectivity index (χ1n) is 8.60. The van der Waals surface area contributed by atoms with Crippen molar-refractivity contribution in [2.24, 2.45) is 5.92 Å². The molecule has 2 heterocycles. The van der Waals surface area contributed by atoms with Crippen molar-refractivity contribution in [2.75, 3.05) is 19.6 Å². The lowest BCUT2D eigenvalue weighted by Crippen LogP contribution is -2.35. The zero-order valence-electron chi connectivity index (χ0n) is 14.9. The minimum absolute atomic E-state index is 0.0573. The van der Waals surface area contributed by atoms with Crippen molar-refractivity contribution in [1.29, 1.82) is 0 Å². The van der Waals surface area contributed by atoms with Crippen LogP contribution in [0.3, 0.4) is 0 Å². The molecule has 2 fully saturated rings. The molecule has 128 valence electrons. The van der Waals surface area contributed by atoms with Crippen molar-refractivity contribution in [3.8, 4) is 0 Å². The average Bonchev–Trinajstić information content (AvgIpc) is 3.07. The number of likely N-dealkylation sites (tertiary alicyclic amines) is 2. The fourth-order valence-corrected chi connectivity index (χ4v) is 2.40. The Morgan fingerprint density at radius 2 is 1.64 bits per heavy atom. The second-order valence-electron chi connectivity index (χ2n) is 5.63. The molecule has 5 nitrogen and oxygen atoms in total. The summed E-state index contributed by atoms with van der Waals surface area (Å²) in [5.41, 5.74) is 0. The molecule has 2 aliphatic heterocycles. The molecule has 5 heteroatoms. The Labute approximate surface area is 135 Å². The van der Waals surface area contributed by atoms with E-state index < -0.39 is 0 Å². The first kappa shape index (κ1) is 20.6. The van der Waals surface area contributed by atoms with E-state index in [1.54, 1.807) is 0 Å². The van der Waals surface area contributed by atoms with Crippen LogP contribution >= 0.6 is 0 Å². The van der Waals surface area contributed by atoms with E-state index in [1.165, 1.54) is 11.3 Å². The molecule has 2 aliphatic rings. The van der Waals surface area contributed by atoms with Crippen LogP contribution in [0.2, 0.25) is 0 Å². The zero-order valence-corrected chi connectivity index (χ0v) is 14.9. The maximum atomic E-state index is 11.8. The summed E-state index contributed by atoms with van der Waals surface area (Å²) in [6.07, 6.45) is 3.17. The number of amides is 3. The van der Waals surface area contributed by atoms with Gasteiger partial charge in [0.15, 0.2) is 0 Å². The Morgan fingerprint density at radius 3 is 2.05 bits per heavy atom. The van der Waals surface area contributed by atoms with E-state index in [1.807, 2.05) is 18.7 Å². The highest BCUT2D eigenvalue weighted by molar-refractivity contribution is 6.02. The number of carbonyl (C=O) groups excluding carboxylic acids is 3.